The first-order valence-corrected chi connectivity index (χ1v) is 8.15. The molecule has 2 aromatic rings. The van der Waals surface area contributed by atoms with Gasteiger partial charge in [-0.25, -0.2) is 0 Å². The van der Waals surface area contributed by atoms with Gasteiger partial charge in [-0.2, -0.15) is 0 Å². The number of anilines is 2. The van der Waals surface area contributed by atoms with E-state index in [9.17, 15) is 0 Å². The molecule has 3 N–H and O–H groups in total. The van der Waals surface area contributed by atoms with Gasteiger partial charge in [-0.3, -0.25) is 4.57 Å². The molecule has 3 rings (SSSR count). The molecule has 20 heavy (non-hydrogen) atoms. The summed E-state index contributed by atoms with van der Waals surface area (Å²) in [6.45, 7) is 5.86. The van der Waals surface area contributed by atoms with E-state index in [4.69, 9.17) is 5.73 Å². The van der Waals surface area contributed by atoms with E-state index in [1.165, 1.54) is 23.3 Å². The normalized spacial score (nSPS) is 14.3. The van der Waals surface area contributed by atoms with Gasteiger partial charge in [-0.05, 0) is 45.1 Å². The summed E-state index contributed by atoms with van der Waals surface area (Å²) in [5, 5.41) is 12.8. The Morgan fingerprint density at radius 2 is 2.05 bits per heavy atom. The third-order valence-corrected chi connectivity index (χ3v) is 4.95. The average molecular weight is 291 g/mol. The summed E-state index contributed by atoms with van der Waals surface area (Å²) in [6.07, 6.45) is 4.79. The van der Waals surface area contributed by atoms with Gasteiger partial charge >= 0.3 is 0 Å². The van der Waals surface area contributed by atoms with Gasteiger partial charge in [0, 0.05) is 18.0 Å². The molecule has 0 bridgehead atoms. The van der Waals surface area contributed by atoms with Gasteiger partial charge in [0.05, 0.1) is 10.6 Å². The van der Waals surface area contributed by atoms with Crippen molar-refractivity contribution in [2.24, 2.45) is 0 Å². The molecule has 5 nitrogen and oxygen atoms in total. The van der Waals surface area contributed by atoms with Crippen LogP contribution in [0.2, 0.25) is 0 Å². The first-order chi connectivity index (χ1) is 9.76. The zero-order chi connectivity index (χ0) is 14.1. The van der Waals surface area contributed by atoms with E-state index < -0.39 is 0 Å². The molecular weight excluding hydrogens is 270 g/mol. The van der Waals surface area contributed by atoms with Crippen molar-refractivity contribution >= 4 is 22.3 Å². The fraction of sp³-hybridized carbons (Fsp3) is 0.571. The smallest absolute Gasteiger partial charge is 0.224 e. The number of aryl methyl sites for hydroxylation is 1. The number of aromatic nitrogens is 3. The molecule has 6 heteroatoms. The molecule has 0 spiro atoms. The Labute approximate surface area is 123 Å². The van der Waals surface area contributed by atoms with Crippen molar-refractivity contribution in [3.8, 4) is 11.4 Å². The second kappa shape index (κ2) is 5.44. The van der Waals surface area contributed by atoms with Gasteiger partial charge < -0.3 is 11.1 Å². The Morgan fingerprint density at radius 3 is 2.80 bits per heavy atom. The maximum absolute atomic E-state index is 6.28. The highest BCUT2D eigenvalue weighted by atomic mass is 32.1. The van der Waals surface area contributed by atoms with Crippen molar-refractivity contribution in [1.82, 2.24) is 14.8 Å². The number of hydrogen-bond acceptors (Lipinski definition) is 5. The Kier molecular flexibility index (Phi) is 3.65. The number of hydrogen-bond donors (Lipinski definition) is 2. The number of nitrogens with one attached hydrogen (secondary N) is 1. The van der Waals surface area contributed by atoms with Crippen LogP contribution in [0.25, 0.3) is 11.4 Å². The summed E-state index contributed by atoms with van der Waals surface area (Å²) in [7, 11) is 0. The Bertz CT molecular complexity index is 613. The van der Waals surface area contributed by atoms with Crippen molar-refractivity contribution < 1.29 is 0 Å². The number of fused-ring (bicyclic) bond motifs is 1. The number of thiophene rings is 1. The number of nitrogens with zero attached hydrogens (tertiary/aromatic N) is 3. The minimum absolute atomic E-state index is 0.833. The van der Waals surface area contributed by atoms with Crippen molar-refractivity contribution in [3.63, 3.8) is 0 Å². The van der Waals surface area contributed by atoms with Crippen molar-refractivity contribution in [1.29, 1.82) is 0 Å². The second-order valence-corrected chi connectivity index (χ2v) is 6.21. The van der Waals surface area contributed by atoms with E-state index in [0.717, 1.165) is 48.3 Å². The maximum atomic E-state index is 6.28. The first kappa shape index (κ1) is 13.4. The molecule has 2 heterocycles. The molecule has 108 valence electrons. The molecule has 0 unspecified atom stereocenters. The van der Waals surface area contributed by atoms with Gasteiger partial charge in [0.2, 0.25) is 5.95 Å². The van der Waals surface area contributed by atoms with Gasteiger partial charge in [0.15, 0.2) is 5.82 Å². The van der Waals surface area contributed by atoms with Gasteiger partial charge in [-0.15, -0.1) is 21.5 Å². The largest absolute Gasteiger partial charge is 0.390 e. The van der Waals surface area contributed by atoms with E-state index in [0.29, 0.717) is 0 Å². The van der Waals surface area contributed by atoms with Crippen LogP contribution < -0.4 is 11.1 Å². The fourth-order valence-corrected chi connectivity index (χ4v) is 4.06. The summed E-state index contributed by atoms with van der Waals surface area (Å²) in [5.41, 5.74) is 8.81. The van der Waals surface area contributed by atoms with E-state index >= 15 is 0 Å². The van der Waals surface area contributed by atoms with Crippen molar-refractivity contribution in [3.05, 3.63) is 10.4 Å². The molecule has 0 saturated carbocycles. The quantitative estimate of drug-likeness (QED) is 0.908. The van der Waals surface area contributed by atoms with Crippen molar-refractivity contribution in [2.75, 3.05) is 17.6 Å². The van der Waals surface area contributed by atoms with Crippen LogP contribution in [0.1, 0.15) is 37.1 Å². The lowest BCUT2D eigenvalue weighted by Crippen LogP contribution is -2.08. The predicted molar refractivity (Wildman–Crippen MR) is 84.2 cm³/mol. The Balaban J connectivity index is 2.11. The standard InChI is InChI=1S/C14H21N5S/c1-3-16-14-18-17-13(19(14)4-2)11-9-7-5-6-8-10(9)20-12(11)15/h3-8,15H2,1-2H3,(H,16,18). The highest BCUT2D eigenvalue weighted by Crippen LogP contribution is 2.42. The van der Waals surface area contributed by atoms with E-state index in [1.54, 1.807) is 11.3 Å². The minimum atomic E-state index is 0.833. The summed E-state index contributed by atoms with van der Waals surface area (Å²) in [6, 6.07) is 0. The van der Waals surface area contributed by atoms with Crippen LogP contribution in [-0.2, 0) is 19.4 Å². The van der Waals surface area contributed by atoms with Crippen LogP contribution in [0.3, 0.4) is 0 Å². The topological polar surface area (TPSA) is 68.8 Å². The van der Waals surface area contributed by atoms with E-state index in [-0.39, 0.29) is 0 Å². The van der Waals surface area contributed by atoms with Crippen molar-refractivity contribution in [2.45, 2.75) is 46.1 Å². The van der Waals surface area contributed by atoms with Crippen LogP contribution in [-0.4, -0.2) is 21.3 Å². The molecule has 0 radical (unpaired) electrons. The molecule has 0 saturated heterocycles. The van der Waals surface area contributed by atoms with Crippen LogP contribution in [0.15, 0.2) is 0 Å². The summed E-state index contributed by atoms with van der Waals surface area (Å²) in [5.74, 6) is 1.75. The predicted octanol–water partition coefficient (Wildman–Crippen LogP) is 2.92. The second-order valence-electron chi connectivity index (χ2n) is 5.07. The van der Waals surface area contributed by atoms with E-state index in [1.807, 2.05) is 0 Å². The van der Waals surface area contributed by atoms with Crippen LogP contribution >= 0.6 is 11.3 Å². The van der Waals surface area contributed by atoms with Crippen LogP contribution in [0.4, 0.5) is 10.9 Å². The van der Waals surface area contributed by atoms with Gasteiger partial charge in [0.1, 0.15) is 0 Å². The highest BCUT2D eigenvalue weighted by Gasteiger charge is 2.24. The number of rotatable bonds is 4. The first-order valence-electron chi connectivity index (χ1n) is 7.33. The molecule has 1 aliphatic rings. The van der Waals surface area contributed by atoms with Gasteiger partial charge in [0.25, 0.3) is 0 Å². The zero-order valence-corrected chi connectivity index (χ0v) is 12.9. The van der Waals surface area contributed by atoms with Crippen LogP contribution in [0, 0.1) is 0 Å². The Hall–Kier alpha value is -1.56. The van der Waals surface area contributed by atoms with E-state index in [2.05, 4.69) is 33.9 Å². The third-order valence-electron chi connectivity index (χ3n) is 3.82. The lowest BCUT2D eigenvalue weighted by Gasteiger charge is -2.13. The summed E-state index contributed by atoms with van der Waals surface area (Å²) >= 11 is 1.73. The SMILES string of the molecule is CCNc1nnc(-c2c(N)sc3c2CCCC3)n1CC. The van der Waals surface area contributed by atoms with Crippen LogP contribution in [0.5, 0.6) is 0 Å². The maximum Gasteiger partial charge on any atom is 0.224 e. The molecule has 0 aliphatic heterocycles. The molecule has 0 fully saturated rings. The number of nitrogen functional groups attached to an aromatic ring is 1. The average Bonchev–Trinajstić information content (AvgIpc) is 2.98. The molecule has 2 aromatic heterocycles. The van der Waals surface area contributed by atoms with Gasteiger partial charge in [-0.1, -0.05) is 0 Å². The number of nitrogens with two attached hydrogens (primary N) is 1. The lowest BCUT2D eigenvalue weighted by molar-refractivity contribution is 0.696. The highest BCUT2D eigenvalue weighted by molar-refractivity contribution is 7.16. The third kappa shape index (κ3) is 2.08. The molecule has 0 amide bonds. The monoisotopic (exact) mass is 291 g/mol. The lowest BCUT2D eigenvalue weighted by atomic mass is 9.95. The molecule has 0 aromatic carbocycles. The summed E-state index contributed by atoms with van der Waals surface area (Å²) in [4.78, 5) is 1.44. The molecular formula is C14H21N5S. The molecule has 1 aliphatic carbocycles. The molecule has 0 atom stereocenters. The Morgan fingerprint density at radius 1 is 1.25 bits per heavy atom. The summed E-state index contributed by atoms with van der Waals surface area (Å²) < 4.78 is 2.12. The minimum Gasteiger partial charge on any atom is -0.390 e. The fourth-order valence-electron chi connectivity index (χ4n) is 2.91. The zero-order valence-electron chi connectivity index (χ0n) is 12.1.